The second kappa shape index (κ2) is 6.02. The Morgan fingerprint density at radius 3 is 2.53 bits per heavy atom. The van der Waals surface area contributed by atoms with Crippen molar-refractivity contribution in [2.24, 2.45) is 11.8 Å². The molecule has 0 heterocycles. The Morgan fingerprint density at radius 1 is 1.26 bits per heavy atom. The van der Waals surface area contributed by atoms with E-state index < -0.39 is 0 Å². The van der Waals surface area contributed by atoms with Crippen LogP contribution in [0.15, 0.2) is 22.7 Å². The summed E-state index contributed by atoms with van der Waals surface area (Å²) in [5.41, 5.74) is 0. The van der Waals surface area contributed by atoms with Gasteiger partial charge in [-0.25, -0.2) is 0 Å². The summed E-state index contributed by atoms with van der Waals surface area (Å²) in [5.74, 6) is 2.74. The summed E-state index contributed by atoms with van der Waals surface area (Å²) < 4.78 is 6.69. The topological polar surface area (TPSA) is 21.3 Å². The van der Waals surface area contributed by atoms with E-state index in [1.807, 2.05) is 18.2 Å². The monoisotopic (exact) mass is 343 g/mol. The molecule has 19 heavy (non-hydrogen) atoms. The van der Waals surface area contributed by atoms with Crippen LogP contribution in [0.1, 0.15) is 25.7 Å². The van der Waals surface area contributed by atoms with Crippen LogP contribution in [0.25, 0.3) is 0 Å². The Hall–Kier alpha value is -0.250. The summed E-state index contributed by atoms with van der Waals surface area (Å²) in [5, 5.41) is 4.40. The van der Waals surface area contributed by atoms with E-state index in [2.05, 4.69) is 21.2 Å². The van der Waals surface area contributed by atoms with Gasteiger partial charge in [0.15, 0.2) is 0 Å². The molecule has 0 aliphatic heterocycles. The summed E-state index contributed by atoms with van der Waals surface area (Å²) in [6.45, 7) is 1.63. The van der Waals surface area contributed by atoms with E-state index in [4.69, 9.17) is 16.3 Å². The molecule has 4 heteroatoms. The number of halogens is 2. The number of nitrogens with one attached hydrogen (secondary N) is 1. The average Bonchev–Trinajstić information content (AvgIpc) is 3.26. The number of benzene rings is 1. The minimum absolute atomic E-state index is 0.705. The average molecular weight is 345 g/mol. The molecule has 3 rings (SSSR count). The standard InChI is InChI=1S/C15H19BrClNO/c16-13-9-12(17)5-6-14(13)19-8-7-18-15(10-1-2-10)11-3-4-11/h5-6,9-11,15,18H,1-4,7-8H2. The van der Waals surface area contributed by atoms with Gasteiger partial charge in [-0.1, -0.05) is 11.6 Å². The maximum Gasteiger partial charge on any atom is 0.133 e. The fourth-order valence-electron chi connectivity index (χ4n) is 2.61. The lowest BCUT2D eigenvalue weighted by Crippen LogP contribution is -2.36. The largest absolute Gasteiger partial charge is 0.491 e. The van der Waals surface area contributed by atoms with Gasteiger partial charge in [0.05, 0.1) is 4.47 Å². The highest BCUT2D eigenvalue weighted by atomic mass is 79.9. The van der Waals surface area contributed by atoms with E-state index in [-0.39, 0.29) is 0 Å². The van der Waals surface area contributed by atoms with Crippen molar-refractivity contribution in [2.75, 3.05) is 13.2 Å². The van der Waals surface area contributed by atoms with Crippen LogP contribution < -0.4 is 10.1 Å². The van der Waals surface area contributed by atoms with Gasteiger partial charge in [-0.2, -0.15) is 0 Å². The second-order valence-electron chi connectivity index (χ2n) is 5.58. The highest BCUT2D eigenvalue weighted by molar-refractivity contribution is 9.10. The molecule has 2 aliphatic rings. The number of hydrogen-bond acceptors (Lipinski definition) is 2. The Labute approximate surface area is 128 Å². The molecule has 0 atom stereocenters. The first kappa shape index (κ1) is 13.7. The van der Waals surface area contributed by atoms with Gasteiger partial charge >= 0.3 is 0 Å². The molecule has 0 spiro atoms. The van der Waals surface area contributed by atoms with Crippen LogP contribution in [0.4, 0.5) is 0 Å². The quantitative estimate of drug-likeness (QED) is 0.746. The number of hydrogen-bond donors (Lipinski definition) is 1. The van der Waals surface area contributed by atoms with E-state index in [1.54, 1.807) is 0 Å². The SMILES string of the molecule is Clc1ccc(OCCNC(C2CC2)C2CC2)c(Br)c1. The predicted molar refractivity (Wildman–Crippen MR) is 81.9 cm³/mol. The van der Waals surface area contributed by atoms with Crippen molar-refractivity contribution >= 4 is 27.5 Å². The van der Waals surface area contributed by atoms with Crippen LogP contribution in [0.2, 0.25) is 5.02 Å². The van der Waals surface area contributed by atoms with Crippen molar-refractivity contribution in [3.63, 3.8) is 0 Å². The predicted octanol–water partition coefficient (Wildman–Crippen LogP) is 4.26. The van der Waals surface area contributed by atoms with Crippen molar-refractivity contribution in [1.29, 1.82) is 0 Å². The highest BCUT2D eigenvalue weighted by Gasteiger charge is 2.40. The molecule has 104 valence electrons. The van der Waals surface area contributed by atoms with Crippen LogP contribution in [0.5, 0.6) is 5.75 Å². The molecule has 0 aromatic heterocycles. The third-order valence-corrected chi connectivity index (χ3v) is 4.75. The van der Waals surface area contributed by atoms with Gasteiger partial charge in [0.25, 0.3) is 0 Å². The number of rotatable bonds is 7. The Morgan fingerprint density at radius 2 is 1.95 bits per heavy atom. The van der Waals surface area contributed by atoms with Crippen LogP contribution in [0.3, 0.4) is 0 Å². The molecular weight excluding hydrogens is 326 g/mol. The van der Waals surface area contributed by atoms with Crippen LogP contribution in [-0.4, -0.2) is 19.2 Å². The lowest BCUT2D eigenvalue weighted by Gasteiger charge is -2.18. The fourth-order valence-corrected chi connectivity index (χ4v) is 3.40. The smallest absolute Gasteiger partial charge is 0.133 e. The maximum absolute atomic E-state index is 5.91. The molecule has 2 aliphatic carbocycles. The molecule has 2 saturated carbocycles. The first-order valence-electron chi connectivity index (χ1n) is 7.05. The van der Waals surface area contributed by atoms with E-state index in [9.17, 15) is 0 Å². The zero-order valence-corrected chi connectivity index (χ0v) is 13.2. The van der Waals surface area contributed by atoms with Crippen LogP contribution in [-0.2, 0) is 0 Å². The van der Waals surface area contributed by atoms with Gasteiger partial charge in [0.2, 0.25) is 0 Å². The van der Waals surface area contributed by atoms with Crippen molar-refractivity contribution in [2.45, 2.75) is 31.7 Å². The summed E-state index contributed by atoms with van der Waals surface area (Å²) in [6, 6.07) is 6.37. The summed E-state index contributed by atoms with van der Waals surface area (Å²) >= 11 is 9.37. The normalized spacial score (nSPS) is 18.9. The zero-order valence-electron chi connectivity index (χ0n) is 10.9. The summed E-state index contributed by atoms with van der Waals surface area (Å²) in [6.07, 6.45) is 5.66. The fraction of sp³-hybridized carbons (Fsp3) is 0.600. The highest BCUT2D eigenvalue weighted by Crippen LogP contribution is 2.44. The Bertz CT molecular complexity index is 434. The van der Waals surface area contributed by atoms with E-state index in [0.717, 1.165) is 39.7 Å². The van der Waals surface area contributed by atoms with Gasteiger partial charge in [0.1, 0.15) is 12.4 Å². The molecule has 0 unspecified atom stereocenters. The number of ether oxygens (including phenoxy) is 1. The molecular formula is C15H19BrClNO. The summed E-state index contributed by atoms with van der Waals surface area (Å²) in [4.78, 5) is 0. The van der Waals surface area contributed by atoms with Gasteiger partial charge in [0, 0.05) is 17.6 Å². The molecule has 0 amide bonds. The van der Waals surface area contributed by atoms with E-state index in [1.165, 1.54) is 25.7 Å². The minimum Gasteiger partial charge on any atom is -0.491 e. The molecule has 0 radical (unpaired) electrons. The third-order valence-electron chi connectivity index (χ3n) is 3.89. The third kappa shape index (κ3) is 3.87. The van der Waals surface area contributed by atoms with Gasteiger partial charge in [-0.3, -0.25) is 0 Å². The first-order chi connectivity index (χ1) is 9.24. The maximum atomic E-state index is 5.91. The Balaban J connectivity index is 1.42. The molecule has 2 fully saturated rings. The zero-order chi connectivity index (χ0) is 13.2. The molecule has 0 bridgehead atoms. The van der Waals surface area contributed by atoms with Crippen molar-refractivity contribution in [3.8, 4) is 5.75 Å². The molecule has 2 nitrogen and oxygen atoms in total. The van der Waals surface area contributed by atoms with Crippen molar-refractivity contribution in [1.82, 2.24) is 5.32 Å². The van der Waals surface area contributed by atoms with Crippen LogP contribution in [0, 0.1) is 11.8 Å². The summed E-state index contributed by atoms with van der Waals surface area (Å²) in [7, 11) is 0. The molecule has 1 aromatic carbocycles. The lowest BCUT2D eigenvalue weighted by atomic mass is 10.1. The molecule has 1 N–H and O–H groups in total. The first-order valence-corrected chi connectivity index (χ1v) is 8.22. The van der Waals surface area contributed by atoms with E-state index in [0.29, 0.717) is 6.61 Å². The van der Waals surface area contributed by atoms with Gasteiger partial charge < -0.3 is 10.1 Å². The van der Waals surface area contributed by atoms with E-state index >= 15 is 0 Å². The lowest BCUT2D eigenvalue weighted by molar-refractivity contribution is 0.292. The van der Waals surface area contributed by atoms with Gasteiger partial charge in [-0.15, -0.1) is 0 Å². The van der Waals surface area contributed by atoms with Crippen molar-refractivity contribution < 1.29 is 4.74 Å². The Kier molecular flexibility index (Phi) is 4.35. The molecule has 0 saturated heterocycles. The minimum atomic E-state index is 0.705. The van der Waals surface area contributed by atoms with Crippen LogP contribution >= 0.6 is 27.5 Å². The second-order valence-corrected chi connectivity index (χ2v) is 6.87. The molecule has 1 aromatic rings. The van der Waals surface area contributed by atoms with Crippen molar-refractivity contribution in [3.05, 3.63) is 27.7 Å². The van der Waals surface area contributed by atoms with Gasteiger partial charge in [-0.05, 0) is 71.6 Å².